The fraction of sp³-hybridized carbons (Fsp3) is 0.235. The van der Waals surface area contributed by atoms with Gasteiger partial charge in [0.25, 0.3) is 5.91 Å². The highest BCUT2D eigenvalue weighted by Crippen LogP contribution is 2.33. The van der Waals surface area contributed by atoms with Gasteiger partial charge in [-0.15, -0.1) is 0 Å². The summed E-state index contributed by atoms with van der Waals surface area (Å²) in [5, 5.41) is 3.42. The summed E-state index contributed by atoms with van der Waals surface area (Å²) in [4.78, 5) is 12.3. The Balaban J connectivity index is 1.67. The first-order valence-corrected chi connectivity index (χ1v) is 8.11. The fourth-order valence-electron chi connectivity index (χ4n) is 2.18. The van der Waals surface area contributed by atoms with Crippen molar-refractivity contribution in [2.24, 2.45) is 0 Å². The fourth-order valence-corrected chi connectivity index (χ4v) is 2.52. The third kappa shape index (κ3) is 3.68. The summed E-state index contributed by atoms with van der Waals surface area (Å²) in [5.41, 5.74) is 0.594. The molecule has 0 fully saturated rings. The molecule has 1 amide bonds. The maximum absolute atomic E-state index is 12.3. The van der Waals surface area contributed by atoms with Crippen LogP contribution in [0.1, 0.15) is 6.92 Å². The molecular weight excluding hydrogens is 353 g/mol. The summed E-state index contributed by atoms with van der Waals surface area (Å²) in [6, 6.07) is 10.2. The number of rotatable bonds is 4. The lowest BCUT2D eigenvalue weighted by Gasteiger charge is -2.20. The Morgan fingerprint density at radius 2 is 1.92 bits per heavy atom. The van der Waals surface area contributed by atoms with Gasteiger partial charge in [0.2, 0.25) is 0 Å². The highest BCUT2D eigenvalue weighted by Gasteiger charge is 2.18. The number of nitrogens with one attached hydrogen (secondary N) is 1. The Morgan fingerprint density at radius 1 is 1.17 bits per heavy atom. The second kappa shape index (κ2) is 7.20. The lowest BCUT2D eigenvalue weighted by atomic mass is 10.2. The van der Waals surface area contributed by atoms with E-state index in [-0.39, 0.29) is 10.9 Å². The van der Waals surface area contributed by atoms with Gasteiger partial charge in [-0.2, -0.15) is 0 Å². The van der Waals surface area contributed by atoms with Crippen LogP contribution >= 0.6 is 23.2 Å². The second-order valence-corrected chi connectivity index (χ2v) is 5.94. The summed E-state index contributed by atoms with van der Waals surface area (Å²) in [5.74, 6) is 1.30. The molecule has 2 aromatic carbocycles. The molecule has 1 atom stereocenters. The number of carbonyl (C=O) groups excluding carboxylic acids is 1. The first-order valence-electron chi connectivity index (χ1n) is 7.36. The van der Waals surface area contributed by atoms with Gasteiger partial charge in [0.15, 0.2) is 17.6 Å². The largest absolute Gasteiger partial charge is 0.486 e. The van der Waals surface area contributed by atoms with E-state index in [1.165, 1.54) is 0 Å². The molecule has 3 rings (SSSR count). The third-order valence-corrected chi connectivity index (χ3v) is 4.20. The normalized spacial score (nSPS) is 14.0. The van der Waals surface area contributed by atoms with Crippen LogP contribution in [0.3, 0.4) is 0 Å². The molecule has 2 aromatic rings. The van der Waals surface area contributed by atoms with Crippen molar-refractivity contribution in [2.45, 2.75) is 13.0 Å². The molecule has 1 heterocycles. The minimum Gasteiger partial charge on any atom is -0.486 e. The average molecular weight is 368 g/mol. The van der Waals surface area contributed by atoms with Crippen molar-refractivity contribution < 1.29 is 19.0 Å². The summed E-state index contributed by atoms with van der Waals surface area (Å²) in [6.07, 6.45) is -0.755. The first kappa shape index (κ1) is 16.7. The monoisotopic (exact) mass is 367 g/mol. The Bertz CT molecular complexity index is 766. The Morgan fingerprint density at radius 3 is 2.71 bits per heavy atom. The van der Waals surface area contributed by atoms with E-state index >= 15 is 0 Å². The molecule has 126 valence electrons. The predicted molar refractivity (Wildman–Crippen MR) is 92.6 cm³/mol. The molecule has 5 nitrogen and oxygen atoms in total. The highest BCUT2D eigenvalue weighted by atomic mass is 35.5. The molecule has 0 aromatic heterocycles. The van der Waals surface area contributed by atoms with Crippen LogP contribution in [0.15, 0.2) is 36.4 Å². The van der Waals surface area contributed by atoms with Crippen LogP contribution < -0.4 is 19.5 Å². The van der Waals surface area contributed by atoms with Gasteiger partial charge in [-0.3, -0.25) is 4.79 Å². The lowest BCUT2D eigenvalue weighted by molar-refractivity contribution is -0.122. The van der Waals surface area contributed by atoms with Crippen molar-refractivity contribution >= 4 is 34.8 Å². The standard InChI is InChI=1S/C17H15Cl2NO4/c1-10(24-14-4-2-3-12(18)16(14)19)17(21)20-11-5-6-13-15(9-11)23-8-7-22-13/h2-6,9-10H,7-8H2,1H3,(H,20,21)/t10-/m1/s1. The van der Waals surface area contributed by atoms with Crippen LogP contribution in [-0.2, 0) is 4.79 Å². The third-order valence-electron chi connectivity index (χ3n) is 3.40. The summed E-state index contributed by atoms with van der Waals surface area (Å²) in [7, 11) is 0. The van der Waals surface area contributed by atoms with Crippen LogP contribution in [0.2, 0.25) is 10.0 Å². The predicted octanol–water partition coefficient (Wildman–Crippen LogP) is 4.17. The molecule has 0 saturated heterocycles. The van der Waals surface area contributed by atoms with E-state index in [0.717, 1.165) is 0 Å². The number of benzene rings is 2. The van der Waals surface area contributed by atoms with E-state index in [2.05, 4.69) is 5.32 Å². The molecule has 0 bridgehead atoms. The molecule has 0 aliphatic carbocycles. The average Bonchev–Trinajstić information content (AvgIpc) is 2.58. The van der Waals surface area contributed by atoms with Gasteiger partial charge < -0.3 is 19.5 Å². The van der Waals surface area contributed by atoms with Crippen LogP contribution in [-0.4, -0.2) is 25.2 Å². The number of hydrogen-bond donors (Lipinski definition) is 1. The van der Waals surface area contributed by atoms with Crippen LogP contribution in [0.4, 0.5) is 5.69 Å². The van der Waals surface area contributed by atoms with Gasteiger partial charge in [0, 0.05) is 11.8 Å². The maximum Gasteiger partial charge on any atom is 0.265 e. The maximum atomic E-state index is 12.3. The molecular formula is C17H15Cl2NO4. The molecule has 0 saturated carbocycles. The summed E-state index contributed by atoms with van der Waals surface area (Å²) < 4.78 is 16.5. The van der Waals surface area contributed by atoms with E-state index in [4.69, 9.17) is 37.4 Å². The van der Waals surface area contributed by atoms with Crippen molar-refractivity contribution in [1.29, 1.82) is 0 Å². The molecule has 0 spiro atoms. The van der Waals surface area contributed by atoms with Gasteiger partial charge in [-0.25, -0.2) is 0 Å². The number of halogens is 2. The van der Waals surface area contributed by atoms with Crippen molar-refractivity contribution in [2.75, 3.05) is 18.5 Å². The SMILES string of the molecule is C[C@@H](Oc1cccc(Cl)c1Cl)C(=O)Nc1ccc2c(c1)OCCO2. The van der Waals surface area contributed by atoms with Crippen molar-refractivity contribution in [1.82, 2.24) is 0 Å². The number of hydrogen-bond acceptors (Lipinski definition) is 4. The zero-order valence-electron chi connectivity index (χ0n) is 12.8. The van der Waals surface area contributed by atoms with Crippen LogP contribution in [0, 0.1) is 0 Å². The molecule has 1 aliphatic heterocycles. The highest BCUT2D eigenvalue weighted by molar-refractivity contribution is 6.42. The Kier molecular flexibility index (Phi) is 5.02. The minimum atomic E-state index is -0.755. The number of anilines is 1. The van der Waals surface area contributed by atoms with Gasteiger partial charge in [0.05, 0.1) is 5.02 Å². The van der Waals surface area contributed by atoms with Crippen LogP contribution in [0.25, 0.3) is 0 Å². The van der Waals surface area contributed by atoms with Gasteiger partial charge >= 0.3 is 0 Å². The second-order valence-electron chi connectivity index (χ2n) is 5.16. The smallest absolute Gasteiger partial charge is 0.265 e. The van der Waals surface area contributed by atoms with E-state index in [0.29, 0.717) is 41.2 Å². The molecule has 0 radical (unpaired) electrons. The molecule has 7 heteroatoms. The van der Waals surface area contributed by atoms with Crippen molar-refractivity contribution in [3.8, 4) is 17.2 Å². The molecule has 24 heavy (non-hydrogen) atoms. The summed E-state index contributed by atoms with van der Waals surface area (Å²) in [6.45, 7) is 2.63. The van der Waals surface area contributed by atoms with Crippen LogP contribution in [0.5, 0.6) is 17.2 Å². The minimum absolute atomic E-state index is 0.276. The van der Waals surface area contributed by atoms with E-state index in [9.17, 15) is 4.79 Å². The van der Waals surface area contributed by atoms with Gasteiger partial charge in [0.1, 0.15) is 24.0 Å². The van der Waals surface area contributed by atoms with E-state index < -0.39 is 6.10 Å². The molecule has 1 N–H and O–H groups in total. The van der Waals surface area contributed by atoms with E-state index in [1.807, 2.05) is 0 Å². The van der Waals surface area contributed by atoms with Gasteiger partial charge in [-0.05, 0) is 31.2 Å². The number of fused-ring (bicyclic) bond motifs is 1. The van der Waals surface area contributed by atoms with Gasteiger partial charge in [-0.1, -0.05) is 29.3 Å². The number of carbonyl (C=O) groups is 1. The summed E-state index contributed by atoms with van der Waals surface area (Å²) >= 11 is 12.0. The van der Waals surface area contributed by atoms with Crippen molar-refractivity contribution in [3.05, 3.63) is 46.4 Å². The van der Waals surface area contributed by atoms with E-state index in [1.54, 1.807) is 43.3 Å². The topological polar surface area (TPSA) is 56.8 Å². The van der Waals surface area contributed by atoms with Crippen molar-refractivity contribution in [3.63, 3.8) is 0 Å². The molecule has 1 aliphatic rings. The zero-order chi connectivity index (χ0) is 17.1. The Hall–Kier alpha value is -2.11. The number of amides is 1. The molecule has 0 unspecified atom stereocenters. The lowest BCUT2D eigenvalue weighted by Crippen LogP contribution is -2.30. The number of ether oxygens (including phenoxy) is 3. The first-order chi connectivity index (χ1) is 11.5. The quantitative estimate of drug-likeness (QED) is 0.880. The Labute approximate surface area is 149 Å². The zero-order valence-corrected chi connectivity index (χ0v) is 14.4.